The molecule has 30 heavy (non-hydrogen) atoms. The molecule has 0 bridgehead atoms. The van der Waals surface area contributed by atoms with Crippen molar-refractivity contribution in [2.45, 2.75) is 18.7 Å². The van der Waals surface area contributed by atoms with Crippen LogP contribution in [0, 0.1) is 13.8 Å². The standard InChI is InChI=1S/C22H21ClN2O4S/c1-14-4-6-17(13-20(14)23)24-22(26)16-5-11-21(15(2)12-16)25-30(27,28)19-9-7-18(29-3)8-10-19/h4-13,25H,1-3H3,(H,24,26). The maximum absolute atomic E-state index is 12.6. The average Bonchev–Trinajstić information content (AvgIpc) is 2.72. The average molecular weight is 445 g/mol. The number of carbonyl (C=O) groups excluding carboxylic acids is 1. The van der Waals surface area contributed by atoms with Crippen LogP contribution in [0.25, 0.3) is 0 Å². The Labute approximate surface area is 180 Å². The zero-order chi connectivity index (χ0) is 21.9. The third kappa shape index (κ3) is 4.93. The molecule has 0 radical (unpaired) electrons. The fraction of sp³-hybridized carbons (Fsp3) is 0.136. The van der Waals surface area contributed by atoms with E-state index < -0.39 is 10.0 Å². The number of benzene rings is 3. The van der Waals surface area contributed by atoms with Gasteiger partial charge in [-0.2, -0.15) is 0 Å². The third-order valence-electron chi connectivity index (χ3n) is 4.53. The van der Waals surface area contributed by atoms with Gasteiger partial charge in [0.1, 0.15) is 5.75 Å². The van der Waals surface area contributed by atoms with Crippen molar-refractivity contribution < 1.29 is 17.9 Å². The summed E-state index contributed by atoms with van der Waals surface area (Å²) in [5.74, 6) is 0.248. The summed E-state index contributed by atoms with van der Waals surface area (Å²) < 4.78 is 32.9. The lowest BCUT2D eigenvalue weighted by Crippen LogP contribution is -2.15. The molecule has 6 nitrogen and oxygen atoms in total. The molecule has 2 N–H and O–H groups in total. The molecule has 3 rings (SSSR count). The molecule has 1 amide bonds. The number of hydrogen-bond acceptors (Lipinski definition) is 4. The highest BCUT2D eigenvalue weighted by molar-refractivity contribution is 7.92. The summed E-state index contributed by atoms with van der Waals surface area (Å²) in [5, 5.41) is 3.35. The van der Waals surface area contributed by atoms with Gasteiger partial charge in [0.2, 0.25) is 0 Å². The van der Waals surface area contributed by atoms with Crippen LogP contribution in [0.15, 0.2) is 65.6 Å². The largest absolute Gasteiger partial charge is 0.497 e. The fourth-order valence-electron chi connectivity index (χ4n) is 2.75. The van der Waals surface area contributed by atoms with Gasteiger partial charge in [0.15, 0.2) is 0 Å². The summed E-state index contributed by atoms with van der Waals surface area (Å²) in [7, 11) is -2.26. The molecule has 0 fully saturated rings. The minimum atomic E-state index is -3.77. The van der Waals surface area contributed by atoms with E-state index in [9.17, 15) is 13.2 Å². The summed E-state index contributed by atoms with van der Waals surface area (Å²) in [6.07, 6.45) is 0. The number of ether oxygens (including phenoxy) is 1. The minimum absolute atomic E-state index is 0.112. The number of carbonyl (C=O) groups is 1. The van der Waals surface area contributed by atoms with Crippen molar-refractivity contribution in [3.05, 3.63) is 82.4 Å². The first kappa shape index (κ1) is 21.7. The smallest absolute Gasteiger partial charge is 0.261 e. The molecule has 0 unspecified atom stereocenters. The second kappa shape index (κ2) is 8.77. The quantitative estimate of drug-likeness (QED) is 0.559. The van der Waals surface area contributed by atoms with Crippen LogP contribution in [0.3, 0.4) is 0 Å². The highest BCUT2D eigenvalue weighted by Gasteiger charge is 2.16. The summed E-state index contributed by atoms with van der Waals surface area (Å²) in [4.78, 5) is 12.6. The van der Waals surface area contributed by atoms with Gasteiger partial charge in [0.05, 0.1) is 17.7 Å². The predicted molar refractivity (Wildman–Crippen MR) is 119 cm³/mol. The van der Waals surface area contributed by atoms with Gasteiger partial charge in [-0.05, 0) is 79.6 Å². The molecule has 0 aliphatic rings. The zero-order valence-corrected chi connectivity index (χ0v) is 18.3. The van der Waals surface area contributed by atoms with Crippen molar-refractivity contribution in [1.82, 2.24) is 0 Å². The van der Waals surface area contributed by atoms with Crippen molar-refractivity contribution in [2.75, 3.05) is 17.1 Å². The van der Waals surface area contributed by atoms with Gasteiger partial charge in [-0.1, -0.05) is 17.7 Å². The molecule has 0 saturated heterocycles. The van der Waals surface area contributed by atoms with Gasteiger partial charge in [0.25, 0.3) is 15.9 Å². The molecular weight excluding hydrogens is 424 g/mol. The summed E-state index contributed by atoms with van der Waals surface area (Å²) in [6.45, 7) is 3.61. The molecule has 3 aromatic carbocycles. The van der Waals surface area contributed by atoms with Gasteiger partial charge in [0, 0.05) is 16.3 Å². The molecule has 0 aliphatic heterocycles. The van der Waals surface area contributed by atoms with Crippen LogP contribution in [-0.2, 0) is 10.0 Å². The van der Waals surface area contributed by atoms with Crippen LogP contribution in [0.2, 0.25) is 5.02 Å². The van der Waals surface area contributed by atoms with Crippen LogP contribution in [0.1, 0.15) is 21.5 Å². The Hall–Kier alpha value is -3.03. The van der Waals surface area contributed by atoms with Crippen molar-refractivity contribution in [2.24, 2.45) is 0 Å². The molecule has 8 heteroatoms. The lowest BCUT2D eigenvalue weighted by molar-refractivity contribution is 0.102. The number of amides is 1. The van der Waals surface area contributed by atoms with Crippen molar-refractivity contribution in [3.8, 4) is 5.75 Å². The normalized spacial score (nSPS) is 11.1. The van der Waals surface area contributed by atoms with Gasteiger partial charge >= 0.3 is 0 Å². The first-order valence-corrected chi connectivity index (χ1v) is 10.9. The molecule has 0 aromatic heterocycles. The Morgan fingerprint density at radius 3 is 2.23 bits per heavy atom. The molecular formula is C22H21ClN2O4S. The molecule has 156 valence electrons. The van der Waals surface area contributed by atoms with Gasteiger partial charge < -0.3 is 10.1 Å². The number of hydrogen-bond donors (Lipinski definition) is 2. The molecule has 0 heterocycles. The van der Waals surface area contributed by atoms with Crippen LogP contribution >= 0.6 is 11.6 Å². The van der Waals surface area contributed by atoms with E-state index in [1.54, 1.807) is 49.4 Å². The lowest BCUT2D eigenvalue weighted by atomic mass is 10.1. The van der Waals surface area contributed by atoms with Crippen molar-refractivity contribution >= 4 is 38.9 Å². The number of methoxy groups -OCH3 is 1. The summed E-state index contributed by atoms with van der Waals surface area (Å²) in [6, 6.07) is 16.1. The van der Waals surface area contributed by atoms with E-state index in [0.29, 0.717) is 33.3 Å². The monoisotopic (exact) mass is 444 g/mol. The Bertz CT molecular complexity index is 1190. The Balaban J connectivity index is 1.77. The number of nitrogens with one attached hydrogen (secondary N) is 2. The topological polar surface area (TPSA) is 84.5 Å². The van der Waals surface area contributed by atoms with E-state index in [1.165, 1.54) is 19.2 Å². The number of rotatable bonds is 6. The van der Waals surface area contributed by atoms with Gasteiger partial charge in [-0.25, -0.2) is 8.42 Å². The van der Waals surface area contributed by atoms with E-state index in [2.05, 4.69) is 10.0 Å². The third-order valence-corrected chi connectivity index (χ3v) is 6.32. The molecule has 3 aromatic rings. The van der Waals surface area contributed by atoms with Crippen molar-refractivity contribution in [3.63, 3.8) is 0 Å². The highest BCUT2D eigenvalue weighted by Crippen LogP contribution is 2.24. The highest BCUT2D eigenvalue weighted by atomic mass is 35.5. The first-order valence-electron chi connectivity index (χ1n) is 9.04. The second-order valence-corrected chi connectivity index (χ2v) is 8.82. The maximum atomic E-state index is 12.6. The molecule has 0 saturated carbocycles. The predicted octanol–water partition coefficient (Wildman–Crippen LogP) is 5.02. The van der Waals surface area contributed by atoms with E-state index >= 15 is 0 Å². The maximum Gasteiger partial charge on any atom is 0.261 e. The summed E-state index contributed by atoms with van der Waals surface area (Å²) >= 11 is 6.09. The number of sulfonamides is 1. The van der Waals surface area contributed by atoms with E-state index in [4.69, 9.17) is 16.3 Å². The van der Waals surface area contributed by atoms with Crippen LogP contribution in [0.4, 0.5) is 11.4 Å². The van der Waals surface area contributed by atoms with Crippen LogP contribution in [-0.4, -0.2) is 21.4 Å². The van der Waals surface area contributed by atoms with Gasteiger partial charge in [-0.3, -0.25) is 9.52 Å². The lowest BCUT2D eigenvalue weighted by Gasteiger charge is -2.13. The van der Waals surface area contributed by atoms with Crippen LogP contribution < -0.4 is 14.8 Å². The molecule has 0 aliphatic carbocycles. The first-order chi connectivity index (χ1) is 14.2. The van der Waals surface area contributed by atoms with E-state index in [0.717, 1.165) is 5.56 Å². The Morgan fingerprint density at radius 1 is 0.933 bits per heavy atom. The van der Waals surface area contributed by atoms with Crippen LogP contribution in [0.5, 0.6) is 5.75 Å². The fourth-order valence-corrected chi connectivity index (χ4v) is 4.06. The Kier molecular flexibility index (Phi) is 6.34. The Morgan fingerprint density at radius 2 is 1.63 bits per heavy atom. The minimum Gasteiger partial charge on any atom is -0.497 e. The SMILES string of the molecule is COc1ccc(S(=O)(=O)Nc2ccc(C(=O)Nc3ccc(C)c(Cl)c3)cc2C)cc1. The summed E-state index contributed by atoms with van der Waals surface area (Å²) in [5.41, 5.74) is 2.90. The van der Waals surface area contributed by atoms with E-state index in [-0.39, 0.29) is 10.8 Å². The number of halogens is 1. The second-order valence-electron chi connectivity index (χ2n) is 6.73. The molecule has 0 atom stereocenters. The zero-order valence-electron chi connectivity index (χ0n) is 16.7. The number of aryl methyl sites for hydroxylation is 2. The molecule has 0 spiro atoms. The number of anilines is 2. The van der Waals surface area contributed by atoms with Crippen molar-refractivity contribution in [1.29, 1.82) is 0 Å². The van der Waals surface area contributed by atoms with E-state index in [1.807, 2.05) is 13.0 Å². The van der Waals surface area contributed by atoms with Gasteiger partial charge in [-0.15, -0.1) is 0 Å².